The van der Waals surface area contributed by atoms with Crippen LogP contribution in [0.4, 0.5) is 17.1 Å². The molecule has 0 aliphatic carbocycles. The molecule has 0 saturated heterocycles. The molecule has 0 aliphatic rings. The van der Waals surface area contributed by atoms with Gasteiger partial charge in [-0.25, -0.2) is 0 Å². The molecule has 1 heterocycles. The number of hydrogen-bond acceptors (Lipinski definition) is 2. The van der Waals surface area contributed by atoms with E-state index in [0.29, 0.717) is 0 Å². The van der Waals surface area contributed by atoms with Gasteiger partial charge in [0, 0.05) is 33.4 Å². The first kappa shape index (κ1) is 33.0. The number of aryl methyl sites for hydroxylation is 1. The van der Waals surface area contributed by atoms with Gasteiger partial charge in [0.25, 0.3) is 0 Å². The summed E-state index contributed by atoms with van der Waals surface area (Å²) >= 11 is 0. The van der Waals surface area contributed by atoms with Crippen molar-refractivity contribution in [2.45, 2.75) is 6.92 Å². The van der Waals surface area contributed by atoms with Crippen LogP contribution in [0.3, 0.4) is 0 Å². The second-order valence-electron chi connectivity index (χ2n) is 15.0. The van der Waals surface area contributed by atoms with Crippen molar-refractivity contribution in [1.29, 1.82) is 0 Å². The Labute approximate surface area is 331 Å². The molecule has 0 bridgehead atoms. The number of nitrogens with zero attached hydrogens (tertiary/aromatic N) is 1. The van der Waals surface area contributed by atoms with Crippen molar-refractivity contribution < 1.29 is 4.42 Å². The van der Waals surface area contributed by atoms with Gasteiger partial charge in [0.15, 0.2) is 0 Å². The lowest BCUT2D eigenvalue weighted by atomic mass is 9.96. The van der Waals surface area contributed by atoms with Gasteiger partial charge in [0.1, 0.15) is 11.2 Å². The highest BCUT2D eigenvalue weighted by Crippen LogP contribution is 2.42. The molecule has 0 unspecified atom stereocenters. The molecule has 0 atom stereocenters. The van der Waals surface area contributed by atoms with E-state index in [1.165, 1.54) is 60.1 Å². The Balaban J connectivity index is 0.993. The second kappa shape index (κ2) is 13.4. The maximum Gasteiger partial charge on any atom is 0.143 e. The molecule has 268 valence electrons. The molecule has 0 radical (unpaired) electrons. The highest BCUT2D eigenvalue weighted by molar-refractivity contribution is 6.10. The molecule has 0 saturated carbocycles. The average molecular weight is 728 g/mol. The first-order chi connectivity index (χ1) is 28.2. The number of furan rings is 1. The fourth-order valence-corrected chi connectivity index (χ4v) is 8.71. The van der Waals surface area contributed by atoms with Crippen LogP contribution >= 0.6 is 0 Å². The van der Waals surface area contributed by atoms with E-state index in [0.717, 1.165) is 50.1 Å². The molecule has 0 fully saturated rings. The van der Waals surface area contributed by atoms with E-state index in [9.17, 15) is 0 Å². The van der Waals surface area contributed by atoms with Gasteiger partial charge in [-0.15, -0.1) is 0 Å². The quantitative estimate of drug-likeness (QED) is 0.159. The summed E-state index contributed by atoms with van der Waals surface area (Å²) in [4.78, 5) is 2.39. The second-order valence-corrected chi connectivity index (χ2v) is 15.0. The first-order valence-corrected chi connectivity index (χ1v) is 19.6. The molecule has 0 N–H and O–H groups in total. The van der Waals surface area contributed by atoms with Gasteiger partial charge in [-0.2, -0.15) is 0 Å². The van der Waals surface area contributed by atoms with E-state index in [2.05, 4.69) is 206 Å². The standard InChI is InChI=1S/C55H37NO/c1-36-34-52-43(25-24-40-11-3-5-14-48(40)52)35-53(36)56(45-32-28-42(29-33-45)49-17-9-18-51-50-15-6-7-19-54(50)57-55(49)51)44-30-26-38(27-31-44)37-20-22-41(23-21-37)47-16-8-12-39-10-2-4-13-46(39)47/h2-35H,1H3. The monoisotopic (exact) mass is 727 g/mol. The van der Waals surface area contributed by atoms with Gasteiger partial charge < -0.3 is 9.32 Å². The fraction of sp³-hybridized carbons (Fsp3) is 0.0182. The van der Waals surface area contributed by atoms with Crippen LogP contribution < -0.4 is 4.90 Å². The van der Waals surface area contributed by atoms with Crippen molar-refractivity contribution in [1.82, 2.24) is 0 Å². The lowest BCUT2D eigenvalue weighted by Gasteiger charge is -2.28. The zero-order valence-corrected chi connectivity index (χ0v) is 31.5. The largest absolute Gasteiger partial charge is 0.455 e. The predicted molar refractivity (Wildman–Crippen MR) is 242 cm³/mol. The minimum Gasteiger partial charge on any atom is -0.455 e. The molecule has 0 spiro atoms. The molecular formula is C55H37NO. The molecule has 10 aromatic carbocycles. The maximum absolute atomic E-state index is 6.42. The van der Waals surface area contributed by atoms with E-state index < -0.39 is 0 Å². The third kappa shape index (κ3) is 5.65. The van der Waals surface area contributed by atoms with E-state index in [-0.39, 0.29) is 0 Å². The van der Waals surface area contributed by atoms with E-state index in [4.69, 9.17) is 4.42 Å². The summed E-state index contributed by atoms with van der Waals surface area (Å²) in [6.45, 7) is 2.23. The molecule has 0 aliphatic heterocycles. The molecule has 2 heteroatoms. The number of hydrogen-bond donors (Lipinski definition) is 0. The smallest absolute Gasteiger partial charge is 0.143 e. The van der Waals surface area contributed by atoms with Gasteiger partial charge in [0.2, 0.25) is 0 Å². The molecule has 2 nitrogen and oxygen atoms in total. The summed E-state index contributed by atoms with van der Waals surface area (Å²) in [5.41, 5.74) is 13.4. The summed E-state index contributed by atoms with van der Waals surface area (Å²) in [6.07, 6.45) is 0. The SMILES string of the molecule is Cc1cc2c(ccc3ccccc32)cc1N(c1ccc(-c2ccc(-c3cccc4ccccc34)cc2)cc1)c1ccc(-c2cccc3c2oc2ccccc23)cc1. The number of rotatable bonds is 6. The van der Waals surface area contributed by atoms with E-state index in [1.54, 1.807) is 0 Å². The predicted octanol–water partition coefficient (Wildman–Crippen LogP) is 15.8. The number of fused-ring (bicyclic) bond motifs is 7. The molecule has 11 aromatic rings. The molecule has 11 rings (SSSR count). The third-order valence-corrected chi connectivity index (χ3v) is 11.6. The van der Waals surface area contributed by atoms with Crippen LogP contribution in [0.5, 0.6) is 0 Å². The number of benzene rings is 10. The van der Waals surface area contributed by atoms with Crippen LogP contribution in [0.15, 0.2) is 211 Å². The summed E-state index contributed by atoms with van der Waals surface area (Å²) in [5.74, 6) is 0. The summed E-state index contributed by atoms with van der Waals surface area (Å²) < 4.78 is 6.42. The van der Waals surface area contributed by atoms with Crippen molar-refractivity contribution in [2.75, 3.05) is 4.90 Å². The Morgan fingerprint density at radius 1 is 0.351 bits per heavy atom. The van der Waals surface area contributed by atoms with Crippen LogP contribution in [0.1, 0.15) is 5.56 Å². The van der Waals surface area contributed by atoms with Crippen LogP contribution in [-0.4, -0.2) is 0 Å². The topological polar surface area (TPSA) is 16.4 Å². The van der Waals surface area contributed by atoms with Crippen molar-refractivity contribution in [3.8, 4) is 33.4 Å². The number of para-hydroxylation sites is 2. The van der Waals surface area contributed by atoms with Gasteiger partial charge in [0.05, 0.1) is 0 Å². The zero-order chi connectivity index (χ0) is 37.9. The lowest BCUT2D eigenvalue weighted by Crippen LogP contribution is -2.11. The maximum atomic E-state index is 6.42. The van der Waals surface area contributed by atoms with E-state index in [1.807, 2.05) is 12.1 Å². The first-order valence-electron chi connectivity index (χ1n) is 19.6. The van der Waals surface area contributed by atoms with Crippen LogP contribution in [0.25, 0.3) is 87.6 Å². The van der Waals surface area contributed by atoms with Crippen LogP contribution in [0, 0.1) is 6.92 Å². The Kier molecular flexibility index (Phi) is 7.75. The Morgan fingerprint density at radius 2 is 0.860 bits per heavy atom. The van der Waals surface area contributed by atoms with Crippen molar-refractivity contribution in [3.63, 3.8) is 0 Å². The minimum atomic E-state index is 0.909. The molecular weight excluding hydrogens is 691 g/mol. The highest BCUT2D eigenvalue weighted by atomic mass is 16.3. The third-order valence-electron chi connectivity index (χ3n) is 11.6. The Bertz CT molecular complexity index is 3280. The van der Waals surface area contributed by atoms with Gasteiger partial charge >= 0.3 is 0 Å². The Morgan fingerprint density at radius 3 is 1.61 bits per heavy atom. The van der Waals surface area contributed by atoms with Crippen LogP contribution in [-0.2, 0) is 0 Å². The number of anilines is 3. The molecule has 1 aromatic heterocycles. The fourth-order valence-electron chi connectivity index (χ4n) is 8.71. The van der Waals surface area contributed by atoms with Gasteiger partial charge in [-0.05, 0) is 115 Å². The lowest BCUT2D eigenvalue weighted by molar-refractivity contribution is 0.670. The minimum absolute atomic E-state index is 0.909. The Hall–Kier alpha value is -7.42. The average Bonchev–Trinajstić information content (AvgIpc) is 3.66. The van der Waals surface area contributed by atoms with Crippen LogP contribution in [0.2, 0.25) is 0 Å². The summed E-state index contributed by atoms with van der Waals surface area (Å²) in [6, 6.07) is 74.5. The summed E-state index contributed by atoms with van der Waals surface area (Å²) in [5, 5.41) is 9.82. The van der Waals surface area contributed by atoms with Crippen molar-refractivity contribution >= 4 is 71.3 Å². The zero-order valence-electron chi connectivity index (χ0n) is 31.5. The molecule has 57 heavy (non-hydrogen) atoms. The normalized spacial score (nSPS) is 11.6. The summed E-state index contributed by atoms with van der Waals surface area (Å²) in [7, 11) is 0. The molecule has 0 amide bonds. The van der Waals surface area contributed by atoms with E-state index >= 15 is 0 Å². The highest BCUT2D eigenvalue weighted by Gasteiger charge is 2.18. The van der Waals surface area contributed by atoms with Gasteiger partial charge in [-0.3, -0.25) is 0 Å². The van der Waals surface area contributed by atoms with Crippen molar-refractivity contribution in [3.05, 3.63) is 212 Å². The van der Waals surface area contributed by atoms with Crippen molar-refractivity contribution in [2.24, 2.45) is 0 Å². The van der Waals surface area contributed by atoms with Gasteiger partial charge in [-0.1, -0.05) is 164 Å².